The van der Waals surface area contributed by atoms with E-state index in [1.54, 1.807) is 11.8 Å². The van der Waals surface area contributed by atoms with Gasteiger partial charge < -0.3 is 10.2 Å². The SMILES string of the molecule is CCCCN(CCNC(=O)C(C)(C)C)C(C)=O. The first kappa shape index (κ1) is 15.9. The zero-order valence-electron chi connectivity index (χ0n) is 11.8. The van der Waals surface area contributed by atoms with Crippen LogP contribution < -0.4 is 5.32 Å². The molecule has 0 aliphatic rings. The molecule has 0 heterocycles. The lowest BCUT2D eigenvalue weighted by molar-refractivity contribution is -0.131. The van der Waals surface area contributed by atoms with Crippen molar-refractivity contribution in [3.05, 3.63) is 0 Å². The van der Waals surface area contributed by atoms with Gasteiger partial charge in [0.05, 0.1) is 0 Å². The van der Waals surface area contributed by atoms with Crippen molar-refractivity contribution in [3.63, 3.8) is 0 Å². The second-order valence-electron chi connectivity index (χ2n) is 5.37. The third kappa shape index (κ3) is 6.97. The molecular weight excluding hydrogens is 216 g/mol. The maximum absolute atomic E-state index is 11.6. The second kappa shape index (κ2) is 7.30. The molecular formula is C13H26N2O2. The predicted octanol–water partition coefficient (Wildman–Crippen LogP) is 1.80. The van der Waals surface area contributed by atoms with Crippen LogP contribution in [0.15, 0.2) is 0 Å². The monoisotopic (exact) mass is 242 g/mol. The molecule has 4 heteroatoms. The van der Waals surface area contributed by atoms with Crippen LogP contribution >= 0.6 is 0 Å². The summed E-state index contributed by atoms with van der Waals surface area (Å²) in [4.78, 5) is 24.7. The normalized spacial score (nSPS) is 11.1. The van der Waals surface area contributed by atoms with Crippen molar-refractivity contribution in [1.29, 1.82) is 0 Å². The van der Waals surface area contributed by atoms with Gasteiger partial charge in [0.1, 0.15) is 0 Å². The van der Waals surface area contributed by atoms with Crippen molar-refractivity contribution in [2.45, 2.75) is 47.5 Å². The molecule has 0 saturated carbocycles. The third-order valence-corrected chi connectivity index (χ3v) is 2.58. The van der Waals surface area contributed by atoms with E-state index in [0.29, 0.717) is 13.1 Å². The highest BCUT2D eigenvalue weighted by molar-refractivity contribution is 5.81. The Morgan fingerprint density at radius 1 is 1.18 bits per heavy atom. The second-order valence-corrected chi connectivity index (χ2v) is 5.37. The van der Waals surface area contributed by atoms with Crippen molar-refractivity contribution >= 4 is 11.8 Å². The van der Waals surface area contributed by atoms with Crippen molar-refractivity contribution in [3.8, 4) is 0 Å². The van der Waals surface area contributed by atoms with Gasteiger partial charge in [0.15, 0.2) is 0 Å². The summed E-state index contributed by atoms with van der Waals surface area (Å²) in [5, 5.41) is 2.85. The summed E-state index contributed by atoms with van der Waals surface area (Å²) in [6.07, 6.45) is 2.07. The Bertz CT molecular complexity index is 257. The van der Waals surface area contributed by atoms with Gasteiger partial charge in [-0.15, -0.1) is 0 Å². The maximum Gasteiger partial charge on any atom is 0.225 e. The number of hydrogen-bond donors (Lipinski definition) is 1. The van der Waals surface area contributed by atoms with E-state index < -0.39 is 0 Å². The molecule has 0 saturated heterocycles. The molecule has 0 aromatic rings. The molecule has 0 unspecified atom stereocenters. The molecule has 2 amide bonds. The molecule has 0 aromatic carbocycles. The van der Waals surface area contributed by atoms with E-state index in [9.17, 15) is 9.59 Å². The van der Waals surface area contributed by atoms with E-state index in [1.165, 1.54) is 0 Å². The topological polar surface area (TPSA) is 49.4 Å². The van der Waals surface area contributed by atoms with Gasteiger partial charge >= 0.3 is 0 Å². The first-order valence-electron chi connectivity index (χ1n) is 6.32. The first-order valence-corrected chi connectivity index (χ1v) is 6.32. The Kier molecular flexibility index (Phi) is 6.85. The van der Waals surface area contributed by atoms with Crippen LogP contribution in [0, 0.1) is 5.41 Å². The highest BCUT2D eigenvalue weighted by Crippen LogP contribution is 2.11. The van der Waals surface area contributed by atoms with Crippen molar-refractivity contribution in [1.82, 2.24) is 10.2 Å². The molecule has 0 radical (unpaired) electrons. The molecule has 0 fully saturated rings. The molecule has 100 valence electrons. The summed E-state index contributed by atoms with van der Waals surface area (Å²) >= 11 is 0. The standard InChI is InChI=1S/C13H26N2O2/c1-6-7-9-15(11(2)16)10-8-14-12(17)13(3,4)5/h6-10H2,1-5H3,(H,14,17). The fourth-order valence-electron chi connectivity index (χ4n) is 1.35. The Balaban J connectivity index is 3.98. The van der Waals surface area contributed by atoms with Crippen molar-refractivity contribution in [2.24, 2.45) is 5.41 Å². The molecule has 0 atom stereocenters. The van der Waals surface area contributed by atoms with Gasteiger partial charge in [-0.3, -0.25) is 9.59 Å². The van der Waals surface area contributed by atoms with Crippen LogP contribution in [0.5, 0.6) is 0 Å². The summed E-state index contributed by atoms with van der Waals surface area (Å²) in [6, 6.07) is 0. The molecule has 0 rings (SSSR count). The number of unbranched alkanes of at least 4 members (excludes halogenated alkanes) is 1. The van der Waals surface area contributed by atoms with Crippen LogP contribution in [0.1, 0.15) is 47.5 Å². The molecule has 1 N–H and O–H groups in total. The van der Waals surface area contributed by atoms with Crippen LogP contribution in [-0.4, -0.2) is 36.3 Å². The van der Waals surface area contributed by atoms with Gasteiger partial charge in [0.25, 0.3) is 0 Å². The number of hydrogen-bond acceptors (Lipinski definition) is 2. The lowest BCUT2D eigenvalue weighted by atomic mass is 9.96. The number of nitrogens with one attached hydrogen (secondary N) is 1. The summed E-state index contributed by atoms with van der Waals surface area (Å²) < 4.78 is 0. The Morgan fingerprint density at radius 3 is 2.18 bits per heavy atom. The fourth-order valence-corrected chi connectivity index (χ4v) is 1.35. The molecule has 0 aliphatic carbocycles. The van der Waals surface area contributed by atoms with Gasteiger partial charge in [-0.25, -0.2) is 0 Å². The molecule has 0 spiro atoms. The lowest BCUT2D eigenvalue weighted by Crippen LogP contribution is -2.41. The third-order valence-electron chi connectivity index (χ3n) is 2.58. The summed E-state index contributed by atoms with van der Waals surface area (Å²) in [7, 11) is 0. The predicted molar refractivity (Wildman–Crippen MR) is 69.6 cm³/mol. The van der Waals surface area contributed by atoms with Crippen molar-refractivity contribution < 1.29 is 9.59 Å². The van der Waals surface area contributed by atoms with Crippen LogP contribution in [0.25, 0.3) is 0 Å². The lowest BCUT2D eigenvalue weighted by Gasteiger charge is -2.23. The number of nitrogens with zero attached hydrogens (tertiary/aromatic N) is 1. The van der Waals surface area contributed by atoms with Gasteiger partial charge in [-0.1, -0.05) is 34.1 Å². The average Bonchev–Trinajstić information content (AvgIpc) is 2.20. The average molecular weight is 242 g/mol. The van der Waals surface area contributed by atoms with Crippen LogP contribution in [0.2, 0.25) is 0 Å². The van der Waals surface area contributed by atoms with Gasteiger partial charge in [0.2, 0.25) is 11.8 Å². The summed E-state index contributed by atoms with van der Waals surface area (Å²) in [6.45, 7) is 11.2. The van der Waals surface area contributed by atoms with Gasteiger partial charge in [-0.05, 0) is 6.42 Å². The Labute approximate surface area is 105 Å². The molecule has 0 aliphatic heterocycles. The van der Waals surface area contributed by atoms with E-state index >= 15 is 0 Å². The van der Waals surface area contributed by atoms with Gasteiger partial charge in [-0.2, -0.15) is 0 Å². The first-order chi connectivity index (χ1) is 7.79. The van der Waals surface area contributed by atoms with E-state index in [1.807, 2.05) is 20.8 Å². The fraction of sp³-hybridized carbons (Fsp3) is 0.846. The smallest absolute Gasteiger partial charge is 0.225 e. The zero-order chi connectivity index (χ0) is 13.5. The van der Waals surface area contributed by atoms with Crippen molar-refractivity contribution in [2.75, 3.05) is 19.6 Å². The highest BCUT2D eigenvalue weighted by Gasteiger charge is 2.20. The number of carbonyl (C=O) groups is 2. The van der Waals surface area contributed by atoms with Crippen LogP contribution in [0.4, 0.5) is 0 Å². The minimum absolute atomic E-state index is 0.0245. The Morgan fingerprint density at radius 2 is 1.76 bits per heavy atom. The summed E-state index contributed by atoms with van der Waals surface area (Å²) in [5.41, 5.74) is -0.371. The van der Waals surface area contributed by atoms with Crippen LogP contribution in [-0.2, 0) is 9.59 Å². The quantitative estimate of drug-likeness (QED) is 0.772. The number of rotatable bonds is 6. The molecule has 17 heavy (non-hydrogen) atoms. The minimum atomic E-state index is -0.371. The van der Waals surface area contributed by atoms with E-state index in [4.69, 9.17) is 0 Å². The molecule has 4 nitrogen and oxygen atoms in total. The van der Waals surface area contributed by atoms with Crippen LogP contribution in [0.3, 0.4) is 0 Å². The van der Waals surface area contributed by atoms with E-state index in [2.05, 4.69) is 12.2 Å². The number of carbonyl (C=O) groups excluding carboxylic acids is 2. The largest absolute Gasteiger partial charge is 0.354 e. The molecule has 0 bridgehead atoms. The highest BCUT2D eigenvalue weighted by atomic mass is 16.2. The maximum atomic E-state index is 11.6. The number of amides is 2. The van der Waals surface area contributed by atoms with E-state index in [0.717, 1.165) is 19.4 Å². The minimum Gasteiger partial charge on any atom is -0.354 e. The van der Waals surface area contributed by atoms with E-state index in [-0.39, 0.29) is 17.2 Å². The molecule has 0 aromatic heterocycles. The zero-order valence-corrected chi connectivity index (χ0v) is 11.8. The Hall–Kier alpha value is -1.06. The van der Waals surface area contributed by atoms with Gasteiger partial charge in [0, 0.05) is 32.0 Å². The summed E-state index contributed by atoms with van der Waals surface area (Å²) in [5.74, 6) is 0.0972.